The largest absolute Gasteiger partial charge is 0.497 e. The molecule has 2 rings (SSSR count). The van der Waals surface area contributed by atoms with Gasteiger partial charge in [-0.05, 0) is 43.3 Å². The minimum absolute atomic E-state index is 0.0494. The number of rotatable bonds is 6. The number of methoxy groups -OCH3 is 1. The van der Waals surface area contributed by atoms with Gasteiger partial charge >= 0.3 is 0 Å². The van der Waals surface area contributed by atoms with Crippen LogP contribution in [0.2, 0.25) is 0 Å². The summed E-state index contributed by atoms with van der Waals surface area (Å²) in [5.41, 5.74) is 1.24. The Labute approximate surface area is 139 Å². The van der Waals surface area contributed by atoms with Crippen molar-refractivity contribution >= 4 is 34.2 Å². The Morgan fingerprint density at radius 3 is 2.57 bits per heavy atom. The molecule has 6 heteroatoms. The van der Waals surface area contributed by atoms with E-state index in [1.54, 1.807) is 42.4 Å². The normalized spacial score (nSPS) is 10.7. The van der Waals surface area contributed by atoms with Crippen molar-refractivity contribution in [1.29, 1.82) is 0 Å². The lowest BCUT2D eigenvalue weighted by Gasteiger charge is -2.14. The van der Waals surface area contributed by atoms with E-state index in [1.807, 2.05) is 12.3 Å². The molecule has 0 atom stereocenters. The summed E-state index contributed by atoms with van der Waals surface area (Å²) in [5, 5.41) is 2.45. The predicted molar refractivity (Wildman–Crippen MR) is 92.2 cm³/mol. The number of hydrogen-bond acceptors (Lipinski definition) is 5. The first kappa shape index (κ1) is 16.9. The minimum atomic E-state index is -0.110. The number of aromatic nitrogens is 1. The Morgan fingerprint density at radius 2 is 2.00 bits per heavy atom. The van der Waals surface area contributed by atoms with Gasteiger partial charge in [-0.25, -0.2) is 4.98 Å². The molecule has 23 heavy (non-hydrogen) atoms. The molecule has 0 saturated heterocycles. The van der Waals surface area contributed by atoms with E-state index in [0.717, 1.165) is 0 Å². The highest BCUT2D eigenvalue weighted by Gasteiger charge is 2.12. The van der Waals surface area contributed by atoms with Crippen molar-refractivity contribution < 1.29 is 14.3 Å². The van der Waals surface area contributed by atoms with Gasteiger partial charge < -0.3 is 4.74 Å². The van der Waals surface area contributed by atoms with E-state index >= 15 is 0 Å². The van der Waals surface area contributed by atoms with Gasteiger partial charge in [0.25, 0.3) is 0 Å². The van der Waals surface area contributed by atoms with Gasteiger partial charge in [-0.1, -0.05) is 0 Å². The van der Waals surface area contributed by atoms with Crippen LogP contribution >= 0.6 is 11.3 Å². The molecule has 0 radical (unpaired) electrons. The number of benzene rings is 1. The standard InChI is InChI=1S/C17H18N2O3S/c1-4-19(12(2)20)17-18-14(11-23-17)7-10-16(21)13-5-8-15(22-3)9-6-13/h5-11H,4H2,1-3H3/b10-7+. The van der Waals surface area contributed by atoms with Gasteiger partial charge in [0, 0.05) is 24.4 Å². The van der Waals surface area contributed by atoms with Crippen LogP contribution in [-0.4, -0.2) is 30.3 Å². The maximum Gasteiger partial charge on any atom is 0.225 e. The molecule has 2 aromatic rings. The fourth-order valence-electron chi connectivity index (χ4n) is 1.98. The van der Waals surface area contributed by atoms with E-state index in [1.165, 1.54) is 24.3 Å². The van der Waals surface area contributed by atoms with Gasteiger partial charge in [-0.2, -0.15) is 0 Å². The Balaban J connectivity index is 2.09. The summed E-state index contributed by atoms with van der Waals surface area (Å²) in [6.07, 6.45) is 3.13. The van der Waals surface area contributed by atoms with Crippen molar-refractivity contribution in [3.8, 4) is 5.75 Å². The van der Waals surface area contributed by atoms with Gasteiger partial charge in [0.05, 0.1) is 12.8 Å². The fourth-order valence-corrected chi connectivity index (χ4v) is 2.88. The molecule has 0 fully saturated rings. The minimum Gasteiger partial charge on any atom is -0.497 e. The molecule has 0 unspecified atom stereocenters. The second-order valence-corrected chi connectivity index (χ2v) is 5.58. The molecular formula is C17H18N2O3S. The van der Waals surface area contributed by atoms with Crippen molar-refractivity contribution in [3.05, 3.63) is 47.0 Å². The van der Waals surface area contributed by atoms with Gasteiger partial charge in [-0.15, -0.1) is 11.3 Å². The van der Waals surface area contributed by atoms with Gasteiger partial charge in [-0.3, -0.25) is 14.5 Å². The number of ether oxygens (including phenoxy) is 1. The van der Waals surface area contributed by atoms with Gasteiger partial charge in [0.2, 0.25) is 5.91 Å². The summed E-state index contributed by atoms with van der Waals surface area (Å²) < 4.78 is 5.06. The van der Waals surface area contributed by atoms with Crippen molar-refractivity contribution in [2.75, 3.05) is 18.6 Å². The Bertz CT molecular complexity index is 720. The molecule has 0 saturated carbocycles. The molecule has 5 nitrogen and oxygen atoms in total. The van der Waals surface area contributed by atoms with Crippen molar-refractivity contribution in [2.45, 2.75) is 13.8 Å². The van der Waals surface area contributed by atoms with E-state index < -0.39 is 0 Å². The molecule has 0 spiro atoms. The van der Waals surface area contributed by atoms with Crippen LogP contribution in [-0.2, 0) is 4.79 Å². The quantitative estimate of drug-likeness (QED) is 0.601. The first-order chi connectivity index (χ1) is 11.0. The smallest absolute Gasteiger partial charge is 0.225 e. The summed E-state index contributed by atoms with van der Waals surface area (Å²) >= 11 is 1.38. The third-order valence-electron chi connectivity index (χ3n) is 3.22. The van der Waals surface area contributed by atoms with Gasteiger partial charge in [0.15, 0.2) is 10.9 Å². The van der Waals surface area contributed by atoms with E-state index in [9.17, 15) is 9.59 Å². The van der Waals surface area contributed by atoms with E-state index in [4.69, 9.17) is 4.74 Å². The van der Waals surface area contributed by atoms with Crippen LogP contribution in [0.1, 0.15) is 29.9 Å². The lowest BCUT2D eigenvalue weighted by atomic mass is 10.1. The number of carbonyl (C=O) groups excluding carboxylic acids is 2. The van der Waals surface area contributed by atoms with Crippen molar-refractivity contribution in [2.24, 2.45) is 0 Å². The summed E-state index contributed by atoms with van der Waals surface area (Å²) in [7, 11) is 1.58. The molecule has 0 bridgehead atoms. The number of hydrogen-bond donors (Lipinski definition) is 0. The van der Waals surface area contributed by atoms with Crippen molar-refractivity contribution in [3.63, 3.8) is 0 Å². The average Bonchev–Trinajstić information content (AvgIpc) is 3.01. The Hall–Kier alpha value is -2.47. The van der Waals surface area contributed by atoms with Crippen LogP contribution in [0, 0.1) is 0 Å². The lowest BCUT2D eigenvalue weighted by molar-refractivity contribution is -0.116. The molecule has 0 N–H and O–H groups in total. The maximum absolute atomic E-state index is 12.1. The third-order valence-corrected chi connectivity index (χ3v) is 4.10. The Kier molecular flexibility index (Phi) is 5.65. The average molecular weight is 330 g/mol. The summed E-state index contributed by atoms with van der Waals surface area (Å²) in [6.45, 7) is 3.97. The van der Waals surface area contributed by atoms with E-state index in [2.05, 4.69) is 4.98 Å². The zero-order chi connectivity index (χ0) is 16.8. The molecule has 120 valence electrons. The number of thiazole rings is 1. The van der Waals surface area contributed by atoms with Crippen LogP contribution in [0.4, 0.5) is 5.13 Å². The monoisotopic (exact) mass is 330 g/mol. The number of allylic oxidation sites excluding steroid dienone is 1. The summed E-state index contributed by atoms with van der Waals surface area (Å²) in [4.78, 5) is 29.6. The molecule has 1 aromatic heterocycles. The van der Waals surface area contributed by atoms with Gasteiger partial charge in [0.1, 0.15) is 5.75 Å². The molecule has 0 aliphatic rings. The van der Waals surface area contributed by atoms with Crippen molar-refractivity contribution in [1.82, 2.24) is 4.98 Å². The number of anilines is 1. The molecule has 1 heterocycles. The first-order valence-electron chi connectivity index (χ1n) is 7.15. The zero-order valence-electron chi connectivity index (χ0n) is 13.3. The SMILES string of the molecule is CCN(C(C)=O)c1nc(/C=C/C(=O)c2ccc(OC)cc2)cs1. The second kappa shape index (κ2) is 7.69. The number of carbonyl (C=O) groups is 2. The lowest BCUT2D eigenvalue weighted by Crippen LogP contribution is -2.27. The van der Waals surface area contributed by atoms with E-state index in [-0.39, 0.29) is 11.7 Å². The van der Waals surface area contributed by atoms with Crippen LogP contribution < -0.4 is 9.64 Å². The zero-order valence-corrected chi connectivity index (χ0v) is 14.1. The van der Waals surface area contributed by atoms with Crippen LogP contribution in [0.5, 0.6) is 5.75 Å². The van der Waals surface area contributed by atoms with Crippen LogP contribution in [0.15, 0.2) is 35.7 Å². The first-order valence-corrected chi connectivity index (χ1v) is 8.03. The van der Waals surface area contributed by atoms with Crippen LogP contribution in [0.25, 0.3) is 6.08 Å². The molecule has 0 aliphatic heterocycles. The highest BCUT2D eigenvalue weighted by atomic mass is 32.1. The highest BCUT2D eigenvalue weighted by molar-refractivity contribution is 7.14. The number of ketones is 1. The Morgan fingerprint density at radius 1 is 1.30 bits per heavy atom. The maximum atomic E-state index is 12.1. The third kappa shape index (κ3) is 4.26. The highest BCUT2D eigenvalue weighted by Crippen LogP contribution is 2.21. The molecule has 1 amide bonds. The second-order valence-electron chi connectivity index (χ2n) is 4.74. The summed E-state index contributed by atoms with van der Waals surface area (Å²) in [5.74, 6) is 0.548. The molecule has 1 aromatic carbocycles. The topological polar surface area (TPSA) is 59.5 Å². The summed E-state index contributed by atoms with van der Waals surface area (Å²) in [6, 6.07) is 6.92. The molecular weight excluding hydrogens is 312 g/mol. The predicted octanol–water partition coefficient (Wildman–Crippen LogP) is 3.42. The fraction of sp³-hybridized carbons (Fsp3) is 0.235. The van der Waals surface area contributed by atoms with Crippen LogP contribution in [0.3, 0.4) is 0 Å². The number of nitrogens with zero attached hydrogens (tertiary/aromatic N) is 2. The van der Waals surface area contributed by atoms with E-state index in [0.29, 0.717) is 28.7 Å². The molecule has 0 aliphatic carbocycles. The number of amides is 1.